The van der Waals surface area contributed by atoms with Gasteiger partial charge in [0, 0.05) is 31.7 Å². The van der Waals surface area contributed by atoms with Crippen LogP contribution in [0.15, 0.2) is 65.6 Å². The Morgan fingerprint density at radius 2 is 1.48 bits per heavy atom. The number of halogens is 1. The van der Waals surface area contributed by atoms with Crippen LogP contribution in [-0.2, 0) is 10.0 Å². The van der Waals surface area contributed by atoms with Gasteiger partial charge in [-0.2, -0.15) is 4.31 Å². The van der Waals surface area contributed by atoms with Crippen molar-refractivity contribution in [1.82, 2.24) is 14.5 Å². The van der Waals surface area contributed by atoms with Crippen molar-refractivity contribution in [2.24, 2.45) is 0 Å². The zero-order valence-electron chi connectivity index (χ0n) is 16.0. The molecular formula is C21H21FN4O2S. The van der Waals surface area contributed by atoms with E-state index >= 15 is 0 Å². The molecule has 0 amide bonds. The molecule has 2 heterocycles. The van der Waals surface area contributed by atoms with Gasteiger partial charge in [-0.1, -0.05) is 17.7 Å². The fourth-order valence-electron chi connectivity index (χ4n) is 3.29. The maximum absolute atomic E-state index is 13.1. The number of benzene rings is 2. The summed E-state index contributed by atoms with van der Waals surface area (Å²) in [6.07, 6.45) is 0. The highest BCUT2D eigenvalue weighted by Crippen LogP contribution is 2.22. The van der Waals surface area contributed by atoms with Crippen molar-refractivity contribution in [2.75, 3.05) is 31.1 Å². The standard InChI is InChI=1S/C21H21FN4O2S/c1-16-2-8-19(9-3-16)29(27,28)26-14-12-25(13-15-26)21-11-10-20(23-24-21)17-4-6-18(22)7-5-17/h2-11H,12-15H2,1H3. The van der Waals surface area contributed by atoms with Crippen molar-refractivity contribution in [1.29, 1.82) is 0 Å². The van der Waals surface area contributed by atoms with E-state index in [-0.39, 0.29) is 5.82 Å². The molecule has 0 saturated carbocycles. The second-order valence-electron chi connectivity index (χ2n) is 6.99. The summed E-state index contributed by atoms with van der Waals surface area (Å²) in [5.74, 6) is 0.403. The second-order valence-corrected chi connectivity index (χ2v) is 8.93. The van der Waals surface area contributed by atoms with Crippen LogP contribution in [0.5, 0.6) is 0 Å². The summed E-state index contributed by atoms with van der Waals surface area (Å²) in [5.41, 5.74) is 2.48. The summed E-state index contributed by atoms with van der Waals surface area (Å²) in [7, 11) is -3.49. The molecule has 1 fully saturated rings. The second kappa shape index (κ2) is 7.88. The Labute approximate surface area is 169 Å². The first-order valence-corrected chi connectivity index (χ1v) is 10.8. The summed E-state index contributed by atoms with van der Waals surface area (Å²) >= 11 is 0. The first-order chi connectivity index (χ1) is 13.9. The van der Waals surface area contributed by atoms with Crippen molar-refractivity contribution < 1.29 is 12.8 Å². The van der Waals surface area contributed by atoms with Gasteiger partial charge in [0.1, 0.15) is 5.82 Å². The average molecular weight is 412 g/mol. The van der Waals surface area contributed by atoms with Gasteiger partial charge in [-0.05, 0) is 55.5 Å². The zero-order chi connectivity index (χ0) is 20.4. The van der Waals surface area contributed by atoms with Crippen LogP contribution < -0.4 is 4.90 Å². The maximum atomic E-state index is 13.1. The van der Waals surface area contributed by atoms with Crippen LogP contribution in [0.2, 0.25) is 0 Å². The highest BCUT2D eigenvalue weighted by molar-refractivity contribution is 7.89. The number of aryl methyl sites for hydroxylation is 1. The van der Waals surface area contributed by atoms with Gasteiger partial charge in [0.2, 0.25) is 10.0 Å². The number of piperazine rings is 1. The minimum atomic E-state index is -3.49. The number of hydrogen-bond donors (Lipinski definition) is 0. The molecule has 2 aromatic carbocycles. The molecule has 3 aromatic rings. The first kappa shape index (κ1) is 19.5. The van der Waals surface area contributed by atoms with Crippen LogP contribution in [-0.4, -0.2) is 49.1 Å². The summed E-state index contributed by atoms with van der Waals surface area (Å²) in [5, 5.41) is 8.50. The van der Waals surface area contributed by atoms with Gasteiger partial charge >= 0.3 is 0 Å². The lowest BCUT2D eigenvalue weighted by Crippen LogP contribution is -2.49. The Bertz CT molecular complexity index is 1080. The fourth-order valence-corrected chi connectivity index (χ4v) is 4.71. The van der Waals surface area contributed by atoms with E-state index in [2.05, 4.69) is 10.2 Å². The molecule has 0 radical (unpaired) electrons. The third-order valence-electron chi connectivity index (χ3n) is 5.01. The van der Waals surface area contributed by atoms with Gasteiger partial charge in [-0.25, -0.2) is 12.8 Å². The van der Waals surface area contributed by atoms with E-state index in [0.717, 1.165) is 11.1 Å². The summed E-state index contributed by atoms with van der Waals surface area (Å²) < 4.78 is 40.2. The van der Waals surface area contributed by atoms with Crippen molar-refractivity contribution in [3.05, 3.63) is 72.0 Å². The Kier molecular flexibility index (Phi) is 5.29. The highest BCUT2D eigenvalue weighted by atomic mass is 32.2. The van der Waals surface area contributed by atoms with E-state index in [1.54, 1.807) is 36.4 Å². The Morgan fingerprint density at radius 3 is 2.07 bits per heavy atom. The van der Waals surface area contributed by atoms with E-state index in [0.29, 0.717) is 42.6 Å². The Balaban J connectivity index is 1.43. The summed E-state index contributed by atoms with van der Waals surface area (Å²) in [6.45, 7) is 3.78. The Hall–Kier alpha value is -2.84. The van der Waals surface area contributed by atoms with Crippen LogP contribution in [0.25, 0.3) is 11.3 Å². The topological polar surface area (TPSA) is 66.4 Å². The van der Waals surface area contributed by atoms with E-state index < -0.39 is 10.0 Å². The predicted octanol–water partition coefficient (Wildman–Crippen LogP) is 3.10. The quantitative estimate of drug-likeness (QED) is 0.659. The molecule has 0 bridgehead atoms. The van der Waals surface area contributed by atoms with E-state index in [1.807, 2.05) is 24.0 Å². The van der Waals surface area contributed by atoms with E-state index in [4.69, 9.17) is 0 Å². The number of anilines is 1. The van der Waals surface area contributed by atoms with E-state index in [9.17, 15) is 12.8 Å². The molecule has 29 heavy (non-hydrogen) atoms. The van der Waals surface area contributed by atoms with Gasteiger partial charge in [-0.3, -0.25) is 0 Å². The number of nitrogens with zero attached hydrogens (tertiary/aromatic N) is 4. The van der Waals surface area contributed by atoms with Crippen LogP contribution >= 0.6 is 0 Å². The average Bonchev–Trinajstić information content (AvgIpc) is 2.75. The van der Waals surface area contributed by atoms with Gasteiger partial charge in [0.05, 0.1) is 10.6 Å². The molecule has 0 unspecified atom stereocenters. The minimum absolute atomic E-state index is 0.295. The third kappa shape index (κ3) is 4.13. The predicted molar refractivity (Wildman–Crippen MR) is 110 cm³/mol. The molecule has 0 aliphatic carbocycles. The van der Waals surface area contributed by atoms with Crippen molar-refractivity contribution in [3.8, 4) is 11.3 Å². The molecule has 150 valence electrons. The summed E-state index contributed by atoms with van der Waals surface area (Å²) in [4.78, 5) is 2.34. The number of rotatable bonds is 4. The number of hydrogen-bond acceptors (Lipinski definition) is 5. The first-order valence-electron chi connectivity index (χ1n) is 9.35. The van der Waals surface area contributed by atoms with Gasteiger partial charge in [-0.15, -0.1) is 10.2 Å². The molecule has 4 rings (SSSR count). The number of aromatic nitrogens is 2. The van der Waals surface area contributed by atoms with Crippen LogP contribution in [0.3, 0.4) is 0 Å². The lowest BCUT2D eigenvalue weighted by Gasteiger charge is -2.34. The molecule has 6 nitrogen and oxygen atoms in total. The van der Waals surface area contributed by atoms with Crippen LogP contribution in [0.1, 0.15) is 5.56 Å². The van der Waals surface area contributed by atoms with Gasteiger partial charge < -0.3 is 4.90 Å². The Morgan fingerprint density at radius 1 is 0.828 bits per heavy atom. The molecule has 1 aromatic heterocycles. The van der Waals surface area contributed by atoms with Crippen LogP contribution in [0, 0.1) is 12.7 Å². The van der Waals surface area contributed by atoms with E-state index in [1.165, 1.54) is 16.4 Å². The fraction of sp³-hybridized carbons (Fsp3) is 0.238. The molecule has 0 spiro atoms. The van der Waals surface area contributed by atoms with Gasteiger partial charge in [0.15, 0.2) is 5.82 Å². The normalized spacial score (nSPS) is 15.4. The summed E-state index contributed by atoms with van der Waals surface area (Å²) in [6, 6.07) is 16.7. The maximum Gasteiger partial charge on any atom is 0.243 e. The highest BCUT2D eigenvalue weighted by Gasteiger charge is 2.28. The van der Waals surface area contributed by atoms with Crippen LogP contribution in [0.4, 0.5) is 10.2 Å². The number of sulfonamides is 1. The molecule has 0 N–H and O–H groups in total. The molecule has 1 aliphatic heterocycles. The third-order valence-corrected chi connectivity index (χ3v) is 6.92. The molecule has 8 heteroatoms. The van der Waals surface area contributed by atoms with Crippen molar-refractivity contribution >= 4 is 15.8 Å². The molecule has 0 atom stereocenters. The smallest absolute Gasteiger partial charge is 0.243 e. The van der Waals surface area contributed by atoms with Gasteiger partial charge in [0.25, 0.3) is 0 Å². The zero-order valence-corrected chi connectivity index (χ0v) is 16.8. The minimum Gasteiger partial charge on any atom is -0.352 e. The molecular weight excluding hydrogens is 391 g/mol. The SMILES string of the molecule is Cc1ccc(S(=O)(=O)N2CCN(c3ccc(-c4ccc(F)cc4)nn3)CC2)cc1. The molecule has 1 saturated heterocycles. The lowest BCUT2D eigenvalue weighted by molar-refractivity contribution is 0.383. The van der Waals surface area contributed by atoms with Crippen molar-refractivity contribution in [3.63, 3.8) is 0 Å². The van der Waals surface area contributed by atoms with Crippen molar-refractivity contribution in [2.45, 2.75) is 11.8 Å². The monoisotopic (exact) mass is 412 g/mol. The molecule has 1 aliphatic rings. The lowest BCUT2D eigenvalue weighted by atomic mass is 10.1. The largest absolute Gasteiger partial charge is 0.352 e.